The minimum atomic E-state index is -0.648. The smallest absolute Gasteiger partial charge is 0.412 e. The summed E-state index contributed by atoms with van der Waals surface area (Å²) in [7, 11) is 0. The number of hydrogen-bond acceptors (Lipinski definition) is 5. The molecule has 5 nitrogen and oxygen atoms in total. The van der Waals surface area contributed by atoms with Gasteiger partial charge in [-0.15, -0.1) is 11.3 Å². The number of ether oxygens (including phenoxy) is 1. The van der Waals surface area contributed by atoms with Crippen LogP contribution in [0.4, 0.5) is 10.5 Å². The number of ketones is 1. The van der Waals surface area contributed by atoms with Gasteiger partial charge in [-0.2, -0.15) is 0 Å². The molecule has 0 radical (unpaired) electrons. The molecule has 1 amide bonds. The first-order valence-electron chi connectivity index (χ1n) is 8.30. The molecule has 2 aromatic heterocycles. The van der Waals surface area contributed by atoms with E-state index in [0.29, 0.717) is 21.5 Å². The standard InChI is InChI=1S/C21H15NO4S/c23-19(17-11-6-12-27-17)20-18(15-9-4-5-10-16(15)26-20)22-21(24)25-13-14-7-2-1-3-8-14/h1-12H,13H2,(H,22,24). The molecule has 0 fully saturated rings. The van der Waals surface area contributed by atoms with E-state index in [2.05, 4.69) is 5.32 Å². The van der Waals surface area contributed by atoms with E-state index < -0.39 is 6.09 Å². The molecule has 134 valence electrons. The third-order valence-corrected chi connectivity index (χ3v) is 4.86. The first-order chi connectivity index (χ1) is 13.2. The lowest BCUT2D eigenvalue weighted by molar-refractivity contribution is 0.102. The lowest BCUT2D eigenvalue weighted by Gasteiger charge is -2.07. The van der Waals surface area contributed by atoms with Crippen LogP contribution in [0, 0.1) is 0 Å². The van der Waals surface area contributed by atoms with Crippen molar-refractivity contribution in [3.05, 3.63) is 88.3 Å². The van der Waals surface area contributed by atoms with Gasteiger partial charge >= 0.3 is 6.09 Å². The Kier molecular flexibility index (Phi) is 4.72. The maximum atomic E-state index is 12.8. The highest BCUT2D eigenvalue weighted by Gasteiger charge is 2.24. The molecule has 2 aromatic carbocycles. The van der Waals surface area contributed by atoms with Crippen molar-refractivity contribution in [1.29, 1.82) is 0 Å². The van der Waals surface area contributed by atoms with Crippen molar-refractivity contribution in [3.63, 3.8) is 0 Å². The molecule has 0 unspecified atom stereocenters. The molecule has 6 heteroatoms. The number of benzene rings is 2. The molecule has 4 rings (SSSR count). The van der Waals surface area contributed by atoms with Gasteiger partial charge in [0, 0.05) is 5.39 Å². The van der Waals surface area contributed by atoms with Crippen LogP contribution in [0.3, 0.4) is 0 Å². The molecule has 0 aliphatic rings. The molecule has 0 saturated heterocycles. The molecular weight excluding hydrogens is 362 g/mol. The predicted molar refractivity (Wildman–Crippen MR) is 104 cm³/mol. The summed E-state index contributed by atoms with van der Waals surface area (Å²) in [5.74, 6) is -0.185. The van der Waals surface area contributed by atoms with Crippen LogP contribution in [-0.2, 0) is 11.3 Å². The maximum absolute atomic E-state index is 12.8. The fraction of sp³-hybridized carbons (Fsp3) is 0.0476. The Morgan fingerprint density at radius 3 is 2.52 bits per heavy atom. The molecule has 0 aliphatic carbocycles. The van der Waals surface area contributed by atoms with Crippen molar-refractivity contribution >= 4 is 39.9 Å². The molecule has 1 N–H and O–H groups in total. The van der Waals surface area contributed by atoms with Gasteiger partial charge in [0.15, 0.2) is 5.76 Å². The van der Waals surface area contributed by atoms with Gasteiger partial charge in [-0.05, 0) is 29.1 Å². The van der Waals surface area contributed by atoms with Crippen molar-refractivity contribution in [2.75, 3.05) is 5.32 Å². The van der Waals surface area contributed by atoms with E-state index >= 15 is 0 Å². The summed E-state index contributed by atoms with van der Waals surface area (Å²) < 4.78 is 11.0. The van der Waals surface area contributed by atoms with Crippen LogP contribution >= 0.6 is 11.3 Å². The van der Waals surface area contributed by atoms with E-state index in [4.69, 9.17) is 9.15 Å². The highest BCUT2D eigenvalue weighted by molar-refractivity contribution is 7.12. The Morgan fingerprint density at radius 2 is 1.74 bits per heavy atom. The predicted octanol–water partition coefficient (Wildman–Crippen LogP) is 5.47. The number of amides is 1. The van der Waals surface area contributed by atoms with Crippen LogP contribution < -0.4 is 5.32 Å². The number of fused-ring (bicyclic) bond motifs is 1. The van der Waals surface area contributed by atoms with Crippen LogP contribution in [0.5, 0.6) is 0 Å². The van der Waals surface area contributed by atoms with Crippen molar-refractivity contribution in [2.45, 2.75) is 6.61 Å². The molecule has 0 spiro atoms. The summed E-state index contributed by atoms with van der Waals surface area (Å²) in [4.78, 5) is 25.6. The lowest BCUT2D eigenvalue weighted by atomic mass is 10.1. The van der Waals surface area contributed by atoms with Gasteiger partial charge in [-0.3, -0.25) is 10.1 Å². The summed E-state index contributed by atoms with van der Waals surface area (Å²) in [6, 6.07) is 20.1. The zero-order chi connectivity index (χ0) is 18.6. The van der Waals surface area contributed by atoms with Gasteiger partial charge in [0.05, 0.1) is 4.88 Å². The minimum Gasteiger partial charge on any atom is -0.450 e. The van der Waals surface area contributed by atoms with Crippen LogP contribution in [0.1, 0.15) is 21.0 Å². The second-order valence-electron chi connectivity index (χ2n) is 5.80. The molecule has 0 bridgehead atoms. The average molecular weight is 377 g/mol. The molecule has 0 saturated carbocycles. The minimum absolute atomic E-state index is 0.0929. The third kappa shape index (κ3) is 3.61. The fourth-order valence-corrected chi connectivity index (χ4v) is 3.37. The number of para-hydroxylation sites is 1. The Balaban J connectivity index is 1.61. The number of hydrogen-bond donors (Lipinski definition) is 1. The van der Waals surface area contributed by atoms with Gasteiger partial charge in [0.2, 0.25) is 5.78 Å². The van der Waals surface area contributed by atoms with E-state index in [1.807, 2.05) is 47.8 Å². The summed E-state index contributed by atoms with van der Waals surface area (Å²) in [5, 5.41) is 5.14. The zero-order valence-corrected chi connectivity index (χ0v) is 15.0. The molecule has 4 aromatic rings. The average Bonchev–Trinajstić information content (AvgIpc) is 3.36. The molecule has 2 heterocycles. The molecule has 0 atom stereocenters. The number of rotatable bonds is 5. The van der Waals surface area contributed by atoms with Crippen molar-refractivity contribution in [3.8, 4) is 0 Å². The van der Waals surface area contributed by atoms with E-state index in [1.165, 1.54) is 11.3 Å². The van der Waals surface area contributed by atoms with Crippen LogP contribution in [0.25, 0.3) is 11.0 Å². The first-order valence-corrected chi connectivity index (χ1v) is 9.18. The largest absolute Gasteiger partial charge is 0.450 e. The number of carbonyl (C=O) groups excluding carboxylic acids is 2. The number of carbonyl (C=O) groups is 2. The van der Waals surface area contributed by atoms with E-state index in [9.17, 15) is 9.59 Å². The topological polar surface area (TPSA) is 68.5 Å². The van der Waals surface area contributed by atoms with Gasteiger partial charge in [0.1, 0.15) is 17.9 Å². The molecule has 27 heavy (non-hydrogen) atoms. The summed E-state index contributed by atoms with van der Waals surface area (Å²) in [6.45, 7) is 0.136. The molecule has 0 aliphatic heterocycles. The number of furan rings is 1. The lowest BCUT2D eigenvalue weighted by Crippen LogP contribution is -2.15. The highest BCUT2D eigenvalue weighted by atomic mass is 32.1. The van der Waals surface area contributed by atoms with Crippen molar-refractivity contribution in [2.24, 2.45) is 0 Å². The quantitative estimate of drug-likeness (QED) is 0.468. The number of nitrogens with one attached hydrogen (secondary N) is 1. The summed E-state index contributed by atoms with van der Waals surface area (Å²) >= 11 is 1.32. The van der Waals surface area contributed by atoms with Gasteiger partial charge in [-0.25, -0.2) is 4.79 Å². The number of thiophene rings is 1. The van der Waals surface area contributed by atoms with E-state index in [1.54, 1.807) is 24.3 Å². The van der Waals surface area contributed by atoms with Crippen molar-refractivity contribution < 1.29 is 18.7 Å². The highest BCUT2D eigenvalue weighted by Crippen LogP contribution is 2.33. The Hall–Kier alpha value is -3.38. The third-order valence-electron chi connectivity index (χ3n) is 3.99. The second kappa shape index (κ2) is 7.47. The Bertz CT molecular complexity index is 1080. The SMILES string of the molecule is O=C(Nc1c(C(=O)c2cccs2)oc2ccccc12)OCc1ccccc1. The fourth-order valence-electron chi connectivity index (χ4n) is 2.71. The maximum Gasteiger partial charge on any atom is 0.412 e. The van der Waals surface area contributed by atoms with Crippen LogP contribution in [0.15, 0.2) is 76.5 Å². The van der Waals surface area contributed by atoms with Gasteiger partial charge < -0.3 is 9.15 Å². The van der Waals surface area contributed by atoms with Crippen molar-refractivity contribution in [1.82, 2.24) is 0 Å². The van der Waals surface area contributed by atoms with Crippen LogP contribution in [0.2, 0.25) is 0 Å². The summed E-state index contributed by atoms with van der Waals surface area (Å²) in [5.41, 5.74) is 1.72. The monoisotopic (exact) mass is 377 g/mol. The normalized spacial score (nSPS) is 10.7. The zero-order valence-electron chi connectivity index (χ0n) is 14.2. The molecular formula is C21H15NO4S. The number of anilines is 1. The van der Waals surface area contributed by atoms with Gasteiger partial charge in [-0.1, -0.05) is 48.5 Å². The van der Waals surface area contributed by atoms with E-state index in [0.717, 1.165) is 5.56 Å². The summed E-state index contributed by atoms with van der Waals surface area (Å²) in [6.07, 6.45) is -0.648. The van der Waals surface area contributed by atoms with Crippen LogP contribution in [-0.4, -0.2) is 11.9 Å². The van der Waals surface area contributed by atoms with Gasteiger partial charge in [0.25, 0.3) is 0 Å². The first kappa shape index (κ1) is 17.1. The Morgan fingerprint density at radius 1 is 0.963 bits per heavy atom. The second-order valence-corrected chi connectivity index (χ2v) is 6.74. The Labute approximate surface area is 159 Å². The van der Waals surface area contributed by atoms with E-state index in [-0.39, 0.29) is 18.2 Å².